The van der Waals surface area contributed by atoms with Crippen molar-refractivity contribution in [1.82, 2.24) is 10.3 Å². The Morgan fingerprint density at radius 2 is 2.08 bits per heavy atom. The Balaban J connectivity index is 2.31. The number of phenols is 1. The van der Waals surface area contributed by atoms with Crippen LogP contribution in [0.15, 0.2) is 17.1 Å². The molecule has 1 aliphatic rings. The molecular formula is C15H10FIN8O. The summed E-state index contributed by atoms with van der Waals surface area (Å²) < 4.78 is 14.4. The Morgan fingerprint density at radius 3 is 2.73 bits per heavy atom. The van der Waals surface area contributed by atoms with Crippen molar-refractivity contribution < 1.29 is 9.50 Å². The number of aromatic hydroxyl groups is 1. The van der Waals surface area contributed by atoms with Gasteiger partial charge in [0.2, 0.25) is 5.96 Å². The van der Waals surface area contributed by atoms with Gasteiger partial charge in [0.25, 0.3) is 0 Å². The summed E-state index contributed by atoms with van der Waals surface area (Å²) in [4.78, 5) is 8.33. The summed E-state index contributed by atoms with van der Waals surface area (Å²) >= 11 is 1.74. The van der Waals surface area contributed by atoms with Crippen LogP contribution in [0.3, 0.4) is 0 Å². The second-order valence-electron chi connectivity index (χ2n) is 5.20. The van der Waals surface area contributed by atoms with Gasteiger partial charge in [-0.3, -0.25) is 5.32 Å². The molecule has 0 saturated heterocycles. The Hall–Kier alpha value is -3.32. The molecule has 1 aliphatic heterocycles. The summed E-state index contributed by atoms with van der Waals surface area (Å²) in [5.41, 5.74) is 12.1. The number of hydrogen-bond acceptors (Lipinski definition) is 9. The molecule has 0 amide bonds. The molecule has 130 valence electrons. The van der Waals surface area contributed by atoms with Crippen molar-refractivity contribution in [2.45, 2.75) is 6.04 Å². The average Bonchev–Trinajstić information content (AvgIpc) is 2.59. The normalized spacial score (nSPS) is 15.1. The molecule has 1 aromatic carbocycles. The minimum atomic E-state index is -1.01. The number of rotatable bonds is 1. The van der Waals surface area contributed by atoms with Crippen LogP contribution in [0.4, 0.5) is 21.7 Å². The summed E-state index contributed by atoms with van der Waals surface area (Å²) in [6.07, 6.45) is 1.70. The van der Waals surface area contributed by atoms with Crippen LogP contribution in [0.2, 0.25) is 0 Å². The molecule has 1 aromatic heterocycles. The Labute approximate surface area is 160 Å². The van der Waals surface area contributed by atoms with Crippen molar-refractivity contribution in [2.24, 2.45) is 4.99 Å². The number of aromatic nitrogens is 1. The first-order valence-electron chi connectivity index (χ1n) is 7.04. The van der Waals surface area contributed by atoms with Crippen LogP contribution in [0.5, 0.6) is 5.75 Å². The van der Waals surface area contributed by atoms with E-state index in [1.165, 1.54) is 12.1 Å². The number of pyridine rings is 1. The zero-order chi connectivity index (χ0) is 19.0. The van der Waals surface area contributed by atoms with Crippen LogP contribution >= 0.6 is 22.6 Å². The Kier molecular flexibility index (Phi) is 4.40. The first kappa shape index (κ1) is 17.5. The van der Waals surface area contributed by atoms with Crippen molar-refractivity contribution in [3.63, 3.8) is 0 Å². The van der Waals surface area contributed by atoms with Crippen LogP contribution in [-0.4, -0.2) is 16.1 Å². The largest absolute Gasteiger partial charge is 0.505 e. The van der Waals surface area contributed by atoms with Crippen LogP contribution in [0.1, 0.15) is 22.7 Å². The molecule has 11 heteroatoms. The SMILES string of the molecule is N#CNC1=NC(c2ccc(I)c(F)c2O)c2c(nc(N)c(C#N)c2N)N1. The van der Waals surface area contributed by atoms with Crippen molar-refractivity contribution in [3.05, 3.63) is 38.2 Å². The lowest BCUT2D eigenvalue weighted by Gasteiger charge is -2.26. The second-order valence-corrected chi connectivity index (χ2v) is 6.36. The highest BCUT2D eigenvalue weighted by Crippen LogP contribution is 2.43. The quantitative estimate of drug-likeness (QED) is 0.240. The predicted octanol–water partition coefficient (Wildman–Crippen LogP) is 1.51. The summed E-state index contributed by atoms with van der Waals surface area (Å²) in [6, 6.07) is 3.80. The number of guanidine groups is 1. The third-order valence-electron chi connectivity index (χ3n) is 3.75. The number of phenolic OH excluding ortho intramolecular Hbond substituents is 1. The molecule has 0 radical (unpaired) electrons. The van der Waals surface area contributed by atoms with Crippen molar-refractivity contribution in [2.75, 3.05) is 16.8 Å². The number of nitrogens with zero attached hydrogens (tertiary/aromatic N) is 4. The molecule has 2 aromatic rings. The number of nitriles is 2. The van der Waals surface area contributed by atoms with E-state index in [4.69, 9.17) is 16.7 Å². The molecule has 26 heavy (non-hydrogen) atoms. The fourth-order valence-corrected chi connectivity index (χ4v) is 3.02. The molecule has 9 nitrogen and oxygen atoms in total. The van der Waals surface area contributed by atoms with E-state index in [0.717, 1.165) is 0 Å². The maximum atomic E-state index is 14.2. The van der Waals surface area contributed by atoms with Gasteiger partial charge in [0.15, 0.2) is 17.8 Å². The zero-order valence-corrected chi connectivity index (χ0v) is 15.0. The monoisotopic (exact) mass is 464 g/mol. The highest BCUT2D eigenvalue weighted by molar-refractivity contribution is 14.1. The third-order valence-corrected chi connectivity index (χ3v) is 4.59. The average molecular weight is 464 g/mol. The molecule has 0 bridgehead atoms. The number of hydrogen-bond donors (Lipinski definition) is 5. The first-order valence-corrected chi connectivity index (χ1v) is 8.12. The maximum absolute atomic E-state index is 14.2. The predicted molar refractivity (Wildman–Crippen MR) is 100 cm³/mol. The molecule has 0 saturated carbocycles. The van der Waals surface area contributed by atoms with Crippen molar-refractivity contribution in [3.8, 4) is 18.0 Å². The summed E-state index contributed by atoms with van der Waals surface area (Å²) in [6.45, 7) is 0. The molecule has 0 fully saturated rings. The highest BCUT2D eigenvalue weighted by Gasteiger charge is 2.32. The number of benzene rings is 1. The fourth-order valence-electron chi connectivity index (χ4n) is 2.58. The van der Waals surface area contributed by atoms with E-state index in [-0.39, 0.29) is 43.5 Å². The van der Waals surface area contributed by atoms with E-state index in [1.807, 2.05) is 6.07 Å². The van der Waals surface area contributed by atoms with Gasteiger partial charge < -0.3 is 21.9 Å². The lowest BCUT2D eigenvalue weighted by atomic mass is 9.94. The van der Waals surface area contributed by atoms with Gasteiger partial charge in [-0.05, 0) is 28.7 Å². The van der Waals surface area contributed by atoms with E-state index >= 15 is 0 Å². The maximum Gasteiger partial charge on any atom is 0.211 e. The molecular weight excluding hydrogens is 454 g/mol. The van der Waals surface area contributed by atoms with Crippen molar-refractivity contribution in [1.29, 1.82) is 10.5 Å². The number of nitrogen functional groups attached to an aromatic ring is 2. The van der Waals surface area contributed by atoms with Crippen LogP contribution in [-0.2, 0) is 0 Å². The lowest BCUT2D eigenvalue weighted by molar-refractivity contribution is 0.421. The zero-order valence-electron chi connectivity index (χ0n) is 12.9. The molecule has 0 aliphatic carbocycles. The van der Waals surface area contributed by atoms with E-state index in [0.29, 0.717) is 0 Å². The molecule has 1 unspecified atom stereocenters. The summed E-state index contributed by atoms with van der Waals surface area (Å²) in [5.74, 6) is -1.36. The first-order chi connectivity index (χ1) is 12.4. The number of anilines is 3. The van der Waals surface area contributed by atoms with Gasteiger partial charge in [-0.15, -0.1) is 0 Å². The number of nitrogens with one attached hydrogen (secondary N) is 2. The van der Waals surface area contributed by atoms with E-state index in [2.05, 4.69) is 20.6 Å². The highest BCUT2D eigenvalue weighted by atomic mass is 127. The van der Waals surface area contributed by atoms with E-state index in [9.17, 15) is 14.8 Å². The van der Waals surface area contributed by atoms with Gasteiger partial charge in [0, 0.05) is 11.1 Å². The molecule has 0 spiro atoms. The van der Waals surface area contributed by atoms with Crippen molar-refractivity contribution >= 4 is 45.9 Å². The number of halogens is 2. The fraction of sp³-hybridized carbons (Fsp3) is 0.0667. The van der Waals surface area contributed by atoms with Gasteiger partial charge in [-0.2, -0.15) is 10.5 Å². The number of aliphatic imine (C=N–C) groups is 1. The van der Waals surface area contributed by atoms with Crippen LogP contribution in [0.25, 0.3) is 0 Å². The summed E-state index contributed by atoms with van der Waals surface area (Å²) in [5, 5.41) is 33.4. The van der Waals surface area contributed by atoms with Gasteiger partial charge in [-0.25, -0.2) is 14.4 Å². The lowest BCUT2D eigenvalue weighted by Crippen LogP contribution is -2.32. The molecule has 7 N–H and O–H groups in total. The van der Waals surface area contributed by atoms with Gasteiger partial charge in [0.05, 0.1) is 9.26 Å². The van der Waals surface area contributed by atoms with Crippen LogP contribution in [0, 0.1) is 32.2 Å². The minimum absolute atomic E-state index is 0.00520. The summed E-state index contributed by atoms with van der Waals surface area (Å²) in [7, 11) is 0. The van der Waals surface area contributed by atoms with E-state index in [1.54, 1.807) is 28.8 Å². The molecule has 3 rings (SSSR count). The van der Waals surface area contributed by atoms with Gasteiger partial charge in [-0.1, -0.05) is 6.07 Å². The molecule has 2 heterocycles. The topological polar surface area (TPSA) is 169 Å². The van der Waals surface area contributed by atoms with Crippen LogP contribution < -0.4 is 22.1 Å². The smallest absolute Gasteiger partial charge is 0.211 e. The number of fused-ring (bicyclic) bond motifs is 1. The number of nitrogens with two attached hydrogens (primary N) is 2. The second kappa shape index (κ2) is 6.53. The standard InChI is InChI=1S/C15H10FIN8O/c16-9-7(17)2-1-5(12(9)26)11-8-10(20)6(3-18)13(21)24-14(8)25-15(23-11)22-4-19/h1-2,11,26H,(H6,20,21,22,23,24,25). The van der Waals surface area contributed by atoms with E-state index < -0.39 is 17.6 Å². The third kappa shape index (κ3) is 2.68. The minimum Gasteiger partial charge on any atom is -0.505 e. The Bertz CT molecular complexity index is 1040. The van der Waals surface area contributed by atoms with Gasteiger partial charge in [0.1, 0.15) is 29.3 Å². The molecule has 1 atom stereocenters. The van der Waals surface area contributed by atoms with Gasteiger partial charge >= 0.3 is 0 Å². The Morgan fingerprint density at radius 1 is 1.35 bits per heavy atom.